The molecule has 1 aliphatic carbocycles. The molecule has 0 bridgehead atoms. The zero-order valence-electron chi connectivity index (χ0n) is 11.5. The second kappa shape index (κ2) is 6.20. The number of rotatable bonds is 2. The van der Waals surface area contributed by atoms with Crippen LogP contribution in [0.1, 0.15) is 34.3 Å². The summed E-state index contributed by atoms with van der Waals surface area (Å²) in [4.78, 5) is 12.4. The number of halogens is 2. The van der Waals surface area contributed by atoms with E-state index in [1.54, 1.807) is 18.2 Å². The van der Waals surface area contributed by atoms with Crippen LogP contribution in [0.15, 0.2) is 40.9 Å². The molecule has 0 heterocycles. The van der Waals surface area contributed by atoms with Crippen molar-refractivity contribution in [1.29, 1.82) is 0 Å². The summed E-state index contributed by atoms with van der Waals surface area (Å²) >= 11 is 9.31. The molecule has 0 aliphatic heterocycles. The number of aryl methyl sites for hydroxylation is 1. The quantitative estimate of drug-likeness (QED) is 0.776. The molecule has 0 spiro atoms. The summed E-state index contributed by atoms with van der Waals surface area (Å²) < 4.78 is 0.706. The number of carbonyl (C=O) groups excluding carboxylic acids is 1. The summed E-state index contributed by atoms with van der Waals surface area (Å²) in [6.07, 6.45) is 4.55. The topological polar surface area (TPSA) is 29.1 Å². The predicted molar refractivity (Wildman–Crippen MR) is 90.2 cm³/mol. The molecule has 2 nitrogen and oxygen atoms in total. The monoisotopic (exact) mass is 363 g/mol. The van der Waals surface area contributed by atoms with E-state index in [1.165, 1.54) is 24.0 Å². The van der Waals surface area contributed by atoms with Gasteiger partial charge in [-0.15, -0.1) is 0 Å². The highest BCUT2D eigenvalue weighted by molar-refractivity contribution is 9.10. The fourth-order valence-electron chi connectivity index (χ4n) is 2.76. The molecule has 0 fully saturated rings. The van der Waals surface area contributed by atoms with Gasteiger partial charge in [-0.25, -0.2) is 0 Å². The minimum atomic E-state index is -0.113. The number of fused-ring (bicyclic) bond motifs is 1. The maximum Gasteiger partial charge on any atom is 0.256 e. The van der Waals surface area contributed by atoms with Crippen molar-refractivity contribution in [1.82, 2.24) is 0 Å². The smallest absolute Gasteiger partial charge is 0.256 e. The second-order valence-electron chi connectivity index (χ2n) is 5.23. The Labute approximate surface area is 137 Å². The Morgan fingerprint density at radius 1 is 1.14 bits per heavy atom. The van der Waals surface area contributed by atoms with E-state index >= 15 is 0 Å². The average molecular weight is 365 g/mol. The highest BCUT2D eigenvalue weighted by atomic mass is 79.9. The van der Waals surface area contributed by atoms with Gasteiger partial charge in [-0.05, 0) is 77.0 Å². The molecule has 21 heavy (non-hydrogen) atoms. The van der Waals surface area contributed by atoms with Gasteiger partial charge in [-0.2, -0.15) is 0 Å². The minimum Gasteiger partial charge on any atom is -0.322 e. The van der Waals surface area contributed by atoms with Crippen LogP contribution in [0.3, 0.4) is 0 Å². The van der Waals surface area contributed by atoms with Gasteiger partial charge in [0.05, 0.1) is 5.56 Å². The molecule has 0 saturated heterocycles. The second-order valence-corrected chi connectivity index (χ2v) is 6.52. The number of hydrogen-bond donors (Lipinski definition) is 1. The van der Waals surface area contributed by atoms with E-state index < -0.39 is 0 Å². The van der Waals surface area contributed by atoms with E-state index in [1.807, 2.05) is 12.1 Å². The third kappa shape index (κ3) is 3.14. The fraction of sp³-hybridized carbons (Fsp3) is 0.235. The normalized spacial score (nSPS) is 13.6. The Morgan fingerprint density at radius 2 is 1.95 bits per heavy atom. The standard InChI is InChI=1S/C17H15BrClNO/c18-15-10-12(19)8-9-14(15)17(21)20-16-7-3-5-11-4-1-2-6-13(11)16/h3,5,7-10H,1-2,4,6H2,(H,20,21). The van der Waals surface area contributed by atoms with Gasteiger partial charge in [-0.3, -0.25) is 4.79 Å². The van der Waals surface area contributed by atoms with Crippen LogP contribution in [0.25, 0.3) is 0 Å². The lowest BCUT2D eigenvalue weighted by Crippen LogP contribution is -2.15. The van der Waals surface area contributed by atoms with Gasteiger partial charge in [0.2, 0.25) is 0 Å². The summed E-state index contributed by atoms with van der Waals surface area (Å²) in [5.74, 6) is -0.113. The predicted octanol–water partition coefficient (Wildman–Crippen LogP) is 5.23. The van der Waals surface area contributed by atoms with Gasteiger partial charge < -0.3 is 5.32 Å². The van der Waals surface area contributed by atoms with Gasteiger partial charge in [0.15, 0.2) is 0 Å². The van der Waals surface area contributed by atoms with Gasteiger partial charge in [0, 0.05) is 15.2 Å². The van der Waals surface area contributed by atoms with Crippen molar-refractivity contribution in [3.8, 4) is 0 Å². The summed E-state index contributed by atoms with van der Waals surface area (Å²) in [6.45, 7) is 0. The first-order chi connectivity index (χ1) is 10.1. The molecule has 3 rings (SSSR count). The number of anilines is 1. The molecule has 0 aromatic heterocycles. The van der Waals surface area contributed by atoms with E-state index in [0.29, 0.717) is 15.1 Å². The SMILES string of the molecule is O=C(Nc1cccc2c1CCCC2)c1ccc(Cl)cc1Br. The van der Waals surface area contributed by atoms with Gasteiger partial charge in [0.1, 0.15) is 0 Å². The lowest BCUT2D eigenvalue weighted by molar-refractivity contribution is 0.102. The van der Waals surface area contributed by atoms with Crippen LogP contribution in [-0.4, -0.2) is 5.91 Å². The van der Waals surface area contributed by atoms with Crippen LogP contribution in [0.5, 0.6) is 0 Å². The average Bonchev–Trinajstić information content (AvgIpc) is 2.47. The maximum atomic E-state index is 12.4. The molecule has 0 saturated carbocycles. The maximum absolute atomic E-state index is 12.4. The molecule has 2 aromatic carbocycles. The molecule has 1 aliphatic rings. The molecular formula is C17H15BrClNO. The van der Waals surface area contributed by atoms with Gasteiger partial charge >= 0.3 is 0 Å². The summed E-state index contributed by atoms with van der Waals surface area (Å²) in [7, 11) is 0. The number of hydrogen-bond acceptors (Lipinski definition) is 1. The first-order valence-electron chi connectivity index (χ1n) is 7.02. The zero-order chi connectivity index (χ0) is 14.8. The first-order valence-corrected chi connectivity index (χ1v) is 8.19. The van der Waals surface area contributed by atoms with Crippen LogP contribution in [-0.2, 0) is 12.8 Å². The third-order valence-corrected chi connectivity index (χ3v) is 4.71. The highest BCUT2D eigenvalue weighted by Crippen LogP contribution is 2.29. The molecule has 1 N–H and O–H groups in total. The van der Waals surface area contributed by atoms with Crippen molar-refractivity contribution >= 4 is 39.1 Å². The lowest BCUT2D eigenvalue weighted by atomic mass is 9.90. The van der Waals surface area contributed by atoms with Crippen molar-refractivity contribution in [2.24, 2.45) is 0 Å². The fourth-order valence-corrected chi connectivity index (χ4v) is 3.62. The van der Waals surface area contributed by atoms with E-state index in [2.05, 4.69) is 27.3 Å². The molecule has 108 valence electrons. The molecule has 0 radical (unpaired) electrons. The van der Waals surface area contributed by atoms with Gasteiger partial charge in [-0.1, -0.05) is 23.7 Å². The lowest BCUT2D eigenvalue weighted by Gasteiger charge is -2.19. The molecule has 2 aromatic rings. The van der Waals surface area contributed by atoms with E-state index in [9.17, 15) is 4.79 Å². The van der Waals surface area contributed by atoms with Crippen LogP contribution in [0.2, 0.25) is 5.02 Å². The Balaban J connectivity index is 1.88. The van der Waals surface area contributed by atoms with Crippen LogP contribution < -0.4 is 5.32 Å². The van der Waals surface area contributed by atoms with Crippen LogP contribution in [0.4, 0.5) is 5.69 Å². The van der Waals surface area contributed by atoms with Crippen LogP contribution in [0, 0.1) is 0 Å². The van der Waals surface area contributed by atoms with Crippen molar-refractivity contribution < 1.29 is 4.79 Å². The molecular weight excluding hydrogens is 350 g/mol. The van der Waals surface area contributed by atoms with Crippen molar-refractivity contribution in [3.63, 3.8) is 0 Å². The third-order valence-electron chi connectivity index (χ3n) is 3.82. The van der Waals surface area contributed by atoms with Crippen molar-refractivity contribution in [3.05, 3.63) is 62.6 Å². The Morgan fingerprint density at radius 3 is 2.76 bits per heavy atom. The molecule has 1 amide bonds. The Hall–Kier alpha value is -1.32. The summed E-state index contributed by atoms with van der Waals surface area (Å²) in [5.41, 5.74) is 4.16. The molecule has 0 unspecified atom stereocenters. The van der Waals surface area contributed by atoms with Crippen molar-refractivity contribution in [2.75, 3.05) is 5.32 Å². The van der Waals surface area contributed by atoms with E-state index in [4.69, 9.17) is 11.6 Å². The minimum absolute atomic E-state index is 0.113. The van der Waals surface area contributed by atoms with Gasteiger partial charge in [0.25, 0.3) is 5.91 Å². The number of carbonyl (C=O) groups is 1. The molecule has 4 heteroatoms. The summed E-state index contributed by atoms with van der Waals surface area (Å²) in [5, 5.41) is 3.64. The molecule has 0 atom stereocenters. The zero-order valence-corrected chi connectivity index (χ0v) is 13.8. The first kappa shape index (κ1) is 14.6. The Kier molecular flexibility index (Phi) is 4.32. The highest BCUT2D eigenvalue weighted by Gasteiger charge is 2.16. The number of nitrogens with one attached hydrogen (secondary N) is 1. The number of amides is 1. The number of benzene rings is 2. The van der Waals surface area contributed by atoms with Crippen molar-refractivity contribution in [2.45, 2.75) is 25.7 Å². The largest absolute Gasteiger partial charge is 0.322 e. The summed E-state index contributed by atoms with van der Waals surface area (Å²) in [6, 6.07) is 11.3. The van der Waals surface area contributed by atoms with E-state index in [-0.39, 0.29) is 5.91 Å². The Bertz CT molecular complexity index is 699. The van der Waals surface area contributed by atoms with Crippen LogP contribution >= 0.6 is 27.5 Å². The van der Waals surface area contributed by atoms with E-state index in [0.717, 1.165) is 18.5 Å².